The molecule has 2 saturated heterocycles. The molecule has 2 unspecified atom stereocenters. The molecule has 2 heterocycles. The number of hydrogen-bond donors (Lipinski definition) is 1. The lowest BCUT2D eigenvalue weighted by Gasteiger charge is -2.40. The van der Waals surface area contributed by atoms with Crippen molar-refractivity contribution in [3.63, 3.8) is 0 Å². The number of hydrogen-bond acceptors (Lipinski definition) is 3. The van der Waals surface area contributed by atoms with Crippen molar-refractivity contribution in [1.82, 2.24) is 10.2 Å². The summed E-state index contributed by atoms with van der Waals surface area (Å²) in [7, 11) is 0. The first-order chi connectivity index (χ1) is 8.22. The zero-order valence-corrected chi connectivity index (χ0v) is 12.2. The van der Waals surface area contributed by atoms with E-state index < -0.39 is 0 Å². The minimum Gasteiger partial charge on any atom is -0.375 e. The molecular weight excluding hydrogens is 252 g/mol. The second-order valence-corrected chi connectivity index (χ2v) is 5.22. The Kier molecular flexibility index (Phi) is 6.39. The number of carbonyl (C=O) groups is 1. The largest absolute Gasteiger partial charge is 0.375 e. The van der Waals surface area contributed by atoms with Gasteiger partial charge in [0.2, 0.25) is 5.91 Å². The maximum absolute atomic E-state index is 12.5. The zero-order chi connectivity index (χ0) is 12.3. The number of halogens is 1. The minimum absolute atomic E-state index is 0. The van der Waals surface area contributed by atoms with Gasteiger partial charge in [0.05, 0.1) is 18.8 Å². The second kappa shape index (κ2) is 7.31. The van der Waals surface area contributed by atoms with Gasteiger partial charge in [0.15, 0.2) is 0 Å². The summed E-state index contributed by atoms with van der Waals surface area (Å²) in [4.78, 5) is 14.6. The molecule has 2 aliphatic heterocycles. The number of nitrogens with zero attached hydrogens (tertiary/aromatic N) is 1. The molecule has 106 valence electrons. The monoisotopic (exact) mass is 276 g/mol. The summed E-state index contributed by atoms with van der Waals surface area (Å²) in [6.45, 7) is 7.61. The molecule has 0 aliphatic carbocycles. The average Bonchev–Trinajstić information content (AvgIpc) is 2.39. The van der Waals surface area contributed by atoms with Gasteiger partial charge in [0, 0.05) is 12.5 Å². The van der Waals surface area contributed by atoms with Gasteiger partial charge in [-0.05, 0) is 39.3 Å². The van der Waals surface area contributed by atoms with E-state index in [0.717, 1.165) is 38.9 Å². The van der Waals surface area contributed by atoms with Crippen molar-refractivity contribution in [2.24, 2.45) is 5.92 Å². The average molecular weight is 277 g/mol. The summed E-state index contributed by atoms with van der Waals surface area (Å²) in [6.07, 6.45) is 3.15. The van der Waals surface area contributed by atoms with Crippen molar-refractivity contribution < 1.29 is 9.53 Å². The first kappa shape index (κ1) is 15.7. The number of morpholine rings is 1. The molecule has 18 heavy (non-hydrogen) atoms. The van der Waals surface area contributed by atoms with Gasteiger partial charge < -0.3 is 15.0 Å². The van der Waals surface area contributed by atoms with Gasteiger partial charge in [0.1, 0.15) is 0 Å². The summed E-state index contributed by atoms with van der Waals surface area (Å²) in [5.74, 6) is 0.587. The Morgan fingerprint density at radius 2 is 2.06 bits per heavy atom. The topological polar surface area (TPSA) is 41.6 Å². The predicted octanol–water partition coefficient (Wildman–Crippen LogP) is 1.43. The quantitative estimate of drug-likeness (QED) is 0.830. The number of amides is 1. The SMILES string of the molecule is CCC1COC(C)CN1C(=O)C1CCNCC1.Cl. The Morgan fingerprint density at radius 3 is 2.67 bits per heavy atom. The molecule has 0 spiro atoms. The van der Waals surface area contributed by atoms with E-state index in [9.17, 15) is 4.79 Å². The van der Waals surface area contributed by atoms with Crippen LogP contribution < -0.4 is 5.32 Å². The van der Waals surface area contributed by atoms with Crippen molar-refractivity contribution in [2.75, 3.05) is 26.2 Å². The maximum atomic E-state index is 12.5. The van der Waals surface area contributed by atoms with Gasteiger partial charge in [0.25, 0.3) is 0 Å². The predicted molar refractivity (Wildman–Crippen MR) is 74.0 cm³/mol. The van der Waals surface area contributed by atoms with E-state index in [0.29, 0.717) is 12.5 Å². The van der Waals surface area contributed by atoms with E-state index in [2.05, 4.69) is 24.1 Å². The Labute approximate surface area is 116 Å². The van der Waals surface area contributed by atoms with Crippen LogP contribution in [0.15, 0.2) is 0 Å². The summed E-state index contributed by atoms with van der Waals surface area (Å²) < 4.78 is 5.64. The van der Waals surface area contributed by atoms with Crippen LogP contribution in [0.3, 0.4) is 0 Å². The summed E-state index contributed by atoms with van der Waals surface area (Å²) >= 11 is 0. The highest BCUT2D eigenvalue weighted by Gasteiger charge is 2.33. The fourth-order valence-corrected chi connectivity index (χ4v) is 2.76. The van der Waals surface area contributed by atoms with Gasteiger partial charge in [-0.25, -0.2) is 0 Å². The van der Waals surface area contributed by atoms with E-state index in [1.807, 2.05) is 0 Å². The third kappa shape index (κ3) is 3.59. The normalized spacial score (nSPS) is 29.8. The van der Waals surface area contributed by atoms with Crippen molar-refractivity contribution in [3.8, 4) is 0 Å². The highest BCUT2D eigenvalue weighted by atomic mass is 35.5. The summed E-state index contributed by atoms with van der Waals surface area (Å²) in [5, 5.41) is 3.31. The van der Waals surface area contributed by atoms with Crippen LogP contribution in [0, 0.1) is 5.92 Å². The van der Waals surface area contributed by atoms with Gasteiger partial charge >= 0.3 is 0 Å². The Balaban J connectivity index is 0.00000162. The lowest BCUT2D eigenvalue weighted by atomic mass is 9.95. The minimum atomic E-state index is 0. The van der Waals surface area contributed by atoms with Crippen molar-refractivity contribution >= 4 is 18.3 Å². The fourth-order valence-electron chi connectivity index (χ4n) is 2.76. The molecule has 2 aliphatic rings. The molecule has 2 rings (SSSR count). The first-order valence-electron chi connectivity index (χ1n) is 6.85. The van der Waals surface area contributed by atoms with Gasteiger partial charge in [-0.15, -0.1) is 12.4 Å². The molecule has 0 saturated carbocycles. The van der Waals surface area contributed by atoms with E-state index in [-0.39, 0.29) is 30.5 Å². The van der Waals surface area contributed by atoms with Crippen LogP contribution in [-0.4, -0.2) is 49.2 Å². The first-order valence-corrected chi connectivity index (χ1v) is 6.85. The molecule has 0 radical (unpaired) electrons. The van der Waals surface area contributed by atoms with Crippen LogP contribution in [0.4, 0.5) is 0 Å². The maximum Gasteiger partial charge on any atom is 0.226 e. The van der Waals surface area contributed by atoms with Crippen molar-refractivity contribution in [1.29, 1.82) is 0 Å². The Morgan fingerprint density at radius 1 is 1.39 bits per heavy atom. The molecular formula is C13H25ClN2O2. The highest BCUT2D eigenvalue weighted by Crippen LogP contribution is 2.21. The number of carbonyl (C=O) groups excluding carboxylic acids is 1. The molecule has 2 fully saturated rings. The third-order valence-electron chi connectivity index (χ3n) is 3.91. The number of nitrogens with one attached hydrogen (secondary N) is 1. The van der Waals surface area contributed by atoms with Gasteiger partial charge in [-0.1, -0.05) is 6.92 Å². The Bertz CT molecular complexity index is 270. The van der Waals surface area contributed by atoms with Crippen LogP contribution in [0.1, 0.15) is 33.1 Å². The van der Waals surface area contributed by atoms with Crippen LogP contribution >= 0.6 is 12.4 Å². The molecule has 1 N–H and O–H groups in total. The molecule has 5 heteroatoms. The molecule has 4 nitrogen and oxygen atoms in total. The van der Waals surface area contributed by atoms with E-state index >= 15 is 0 Å². The molecule has 0 aromatic heterocycles. The second-order valence-electron chi connectivity index (χ2n) is 5.22. The molecule has 0 bridgehead atoms. The molecule has 2 atom stereocenters. The summed E-state index contributed by atoms with van der Waals surface area (Å²) in [6, 6.07) is 0.286. The molecule has 1 amide bonds. The van der Waals surface area contributed by atoms with E-state index in [4.69, 9.17) is 4.74 Å². The van der Waals surface area contributed by atoms with Crippen LogP contribution in [0.2, 0.25) is 0 Å². The molecule has 0 aromatic rings. The molecule has 0 aromatic carbocycles. The summed E-state index contributed by atoms with van der Waals surface area (Å²) in [5.41, 5.74) is 0. The highest BCUT2D eigenvalue weighted by molar-refractivity contribution is 5.85. The zero-order valence-electron chi connectivity index (χ0n) is 11.4. The van der Waals surface area contributed by atoms with Crippen LogP contribution in [0.25, 0.3) is 0 Å². The fraction of sp³-hybridized carbons (Fsp3) is 0.923. The number of rotatable bonds is 2. The van der Waals surface area contributed by atoms with Crippen LogP contribution in [0.5, 0.6) is 0 Å². The van der Waals surface area contributed by atoms with Gasteiger partial charge in [-0.3, -0.25) is 4.79 Å². The van der Waals surface area contributed by atoms with Crippen molar-refractivity contribution in [3.05, 3.63) is 0 Å². The van der Waals surface area contributed by atoms with Crippen LogP contribution in [-0.2, 0) is 9.53 Å². The number of ether oxygens (including phenoxy) is 1. The van der Waals surface area contributed by atoms with E-state index in [1.54, 1.807) is 0 Å². The smallest absolute Gasteiger partial charge is 0.226 e. The standard InChI is InChI=1S/C13H24N2O2.ClH/c1-3-12-9-17-10(2)8-15(12)13(16)11-4-6-14-7-5-11;/h10-12,14H,3-9H2,1-2H3;1H. The Hall–Kier alpha value is -0.320. The lowest BCUT2D eigenvalue weighted by Crippen LogP contribution is -2.54. The lowest BCUT2D eigenvalue weighted by molar-refractivity contribution is -0.149. The van der Waals surface area contributed by atoms with Gasteiger partial charge in [-0.2, -0.15) is 0 Å². The van der Waals surface area contributed by atoms with Crippen molar-refractivity contribution in [2.45, 2.75) is 45.3 Å². The number of piperidine rings is 1. The van der Waals surface area contributed by atoms with E-state index in [1.165, 1.54) is 0 Å². The third-order valence-corrected chi connectivity index (χ3v) is 3.91.